The minimum absolute atomic E-state index is 0.669. The number of benzene rings is 2. The molecule has 6 heteroatoms. The number of hydrogen-bond donors (Lipinski definition) is 1. The zero-order chi connectivity index (χ0) is 24.8. The van der Waals surface area contributed by atoms with Crippen molar-refractivity contribution in [1.29, 1.82) is 0 Å². The van der Waals surface area contributed by atoms with E-state index in [-0.39, 0.29) is 0 Å². The average Bonchev–Trinajstić information content (AvgIpc) is 3.24. The number of rotatable bonds is 4. The fourth-order valence-corrected chi connectivity index (χ4v) is 5.28. The SMILES string of the molecule is Cc1cc(C)c2nc(-n3nc(C)cc3Nc3ccc(-c4ccc5c(c4)CCCC5)nn3)cc(C)c2c1. The van der Waals surface area contributed by atoms with Crippen LogP contribution < -0.4 is 5.32 Å². The third-order valence-corrected chi connectivity index (χ3v) is 7.06. The van der Waals surface area contributed by atoms with Crippen LogP contribution in [0.1, 0.15) is 46.4 Å². The summed E-state index contributed by atoms with van der Waals surface area (Å²) >= 11 is 0. The quantitative estimate of drug-likeness (QED) is 0.313. The van der Waals surface area contributed by atoms with E-state index >= 15 is 0 Å². The maximum absolute atomic E-state index is 4.98. The highest BCUT2D eigenvalue weighted by molar-refractivity contribution is 5.86. The predicted molar refractivity (Wildman–Crippen MR) is 145 cm³/mol. The molecule has 0 fully saturated rings. The fraction of sp³-hybridized carbons (Fsp3) is 0.267. The first-order chi connectivity index (χ1) is 17.4. The predicted octanol–water partition coefficient (Wildman–Crippen LogP) is 6.73. The van der Waals surface area contributed by atoms with E-state index in [1.54, 1.807) is 0 Å². The molecule has 1 N–H and O–H groups in total. The van der Waals surface area contributed by atoms with Crippen molar-refractivity contribution in [3.05, 3.63) is 88.1 Å². The zero-order valence-electron chi connectivity index (χ0n) is 21.3. The first-order valence-electron chi connectivity index (χ1n) is 12.6. The van der Waals surface area contributed by atoms with Crippen molar-refractivity contribution < 1.29 is 0 Å². The molecule has 6 rings (SSSR count). The molecular formula is C30H30N6. The van der Waals surface area contributed by atoms with E-state index in [0.717, 1.165) is 46.1 Å². The Morgan fingerprint density at radius 1 is 0.778 bits per heavy atom. The Bertz CT molecular complexity index is 1600. The van der Waals surface area contributed by atoms with Gasteiger partial charge in [0.25, 0.3) is 0 Å². The Hall–Kier alpha value is -4.06. The molecule has 0 spiro atoms. The van der Waals surface area contributed by atoms with E-state index in [4.69, 9.17) is 10.1 Å². The summed E-state index contributed by atoms with van der Waals surface area (Å²) in [7, 11) is 0. The maximum atomic E-state index is 4.98. The fourth-order valence-electron chi connectivity index (χ4n) is 5.28. The molecule has 5 aromatic rings. The molecule has 3 aromatic heterocycles. The van der Waals surface area contributed by atoms with Gasteiger partial charge in [-0.2, -0.15) is 9.78 Å². The summed E-state index contributed by atoms with van der Waals surface area (Å²) in [5, 5.41) is 18.3. The lowest BCUT2D eigenvalue weighted by molar-refractivity contribution is 0.686. The van der Waals surface area contributed by atoms with Crippen LogP contribution in [0.25, 0.3) is 28.0 Å². The number of hydrogen-bond acceptors (Lipinski definition) is 5. The van der Waals surface area contributed by atoms with Crippen LogP contribution in [0.4, 0.5) is 11.6 Å². The highest BCUT2D eigenvalue weighted by Crippen LogP contribution is 2.28. The van der Waals surface area contributed by atoms with Gasteiger partial charge in [0, 0.05) is 17.0 Å². The highest BCUT2D eigenvalue weighted by Gasteiger charge is 2.14. The molecular weight excluding hydrogens is 444 g/mol. The molecule has 0 radical (unpaired) electrons. The van der Waals surface area contributed by atoms with Gasteiger partial charge >= 0.3 is 0 Å². The van der Waals surface area contributed by atoms with Gasteiger partial charge in [-0.15, -0.1) is 10.2 Å². The normalized spacial score (nSPS) is 13.1. The summed E-state index contributed by atoms with van der Waals surface area (Å²) in [5.41, 5.74) is 10.4. The van der Waals surface area contributed by atoms with Crippen molar-refractivity contribution >= 4 is 22.5 Å². The summed E-state index contributed by atoms with van der Waals surface area (Å²) in [5.74, 6) is 2.25. The second-order valence-electron chi connectivity index (χ2n) is 9.98. The van der Waals surface area contributed by atoms with Gasteiger partial charge in [-0.25, -0.2) is 4.98 Å². The van der Waals surface area contributed by atoms with Crippen LogP contribution in [0.3, 0.4) is 0 Å². The van der Waals surface area contributed by atoms with Gasteiger partial charge in [0.05, 0.1) is 16.9 Å². The van der Waals surface area contributed by atoms with Gasteiger partial charge in [-0.3, -0.25) is 0 Å². The minimum atomic E-state index is 0.669. The molecule has 0 aliphatic heterocycles. The first kappa shape index (κ1) is 22.4. The third-order valence-electron chi connectivity index (χ3n) is 7.06. The zero-order valence-corrected chi connectivity index (χ0v) is 21.3. The molecule has 36 heavy (non-hydrogen) atoms. The smallest absolute Gasteiger partial charge is 0.156 e. The third kappa shape index (κ3) is 4.13. The van der Waals surface area contributed by atoms with Crippen molar-refractivity contribution in [3.8, 4) is 17.1 Å². The monoisotopic (exact) mass is 474 g/mol. The summed E-state index contributed by atoms with van der Waals surface area (Å²) in [6.07, 6.45) is 4.89. The van der Waals surface area contributed by atoms with E-state index < -0.39 is 0 Å². The van der Waals surface area contributed by atoms with Crippen LogP contribution >= 0.6 is 0 Å². The van der Waals surface area contributed by atoms with Crippen LogP contribution in [-0.4, -0.2) is 25.0 Å². The molecule has 3 heterocycles. The van der Waals surface area contributed by atoms with E-state index in [1.807, 2.05) is 29.8 Å². The van der Waals surface area contributed by atoms with Gasteiger partial charge < -0.3 is 5.32 Å². The number of aryl methyl sites for hydroxylation is 6. The molecule has 0 unspecified atom stereocenters. The Morgan fingerprint density at radius 3 is 2.42 bits per heavy atom. The standard InChI is InChI=1S/C30H30N6/c1-18-13-20(3)30-25(14-18)19(2)15-28(32-30)36-29(16-21(4)35-36)31-27-12-11-26(33-34-27)24-10-9-22-7-5-6-8-23(22)17-24/h9-17H,5-8H2,1-4H3,(H,31,34). The van der Waals surface area contributed by atoms with Gasteiger partial charge in [0.15, 0.2) is 11.6 Å². The molecule has 0 saturated carbocycles. The lowest BCUT2D eigenvalue weighted by Gasteiger charge is -2.16. The van der Waals surface area contributed by atoms with Crippen molar-refractivity contribution in [1.82, 2.24) is 25.0 Å². The van der Waals surface area contributed by atoms with E-state index in [0.29, 0.717) is 5.82 Å². The van der Waals surface area contributed by atoms with Crippen molar-refractivity contribution in [2.24, 2.45) is 0 Å². The number of pyridine rings is 1. The summed E-state index contributed by atoms with van der Waals surface area (Å²) in [6.45, 7) is 8.34. The Kier molecular flexibility index (Phi) is 5.52. The number of aromatic nitrogens is 5. The Morgan fingerprint density at radius 2 is 1.61 bits per heavy atom. The highest BCUT2D eigenvalue weighted by atomic mass is 15.4. The molecule has 0 saturated heterocycles. The van der Waals surface area contributed by atoms with Crippen molar-refractivity contribution in [2.45, 2.75) is 53.4 Å². The molecule has 2 aromatic carbocycles. The number of nitrogens with one attached hydrogen (secondary N) is 1. The second kappa shape index (κ2) is 8.86. The Labute approximate surface area is 211 Å². The van der Waals surface area contributed by atoms with E-state index in [9.17, 15) is 0 Å². The minimum Gasteiger partial charge on any atom is -0.323 e. The molecule has 6 nitrogen and oxygen atoms in total. The van der Waals surface area contributed by atoms with Crippen LogP contribution in [0.15, 0.2) is 54.6 Å². The maximum Gasteiger partial charge on any atom is 0.156 e. The summed E-state index contributed by atoms with van der Waals surface area (Å²) in [6, 6.07) is 19.1. The average molecular weight is 475 g/mol. The van der Waals surface area contributed by atoms with Crippen LogP contribution in [0.5, 0.6) is 0 Å². The number of anilines is 2. The largest absolute Gasteiger partial charge is 0.323 e. The first-order valence-corrected chi connectivity index (χ1v) is 12.6. The van der Waals surface area contributed by atoms with Crippen LogP contribution in [0.2, 0.25) is 0 Å². The van der Waals surface area contributed by atoms with Crippen molar-refractivity contribution in [3.63, 3.8) is 0 Å². The lowest BCUT2D eigenvalue weighted by Crippen LogP contribution is -2.07. The lowest BCUT2D eigenvalue weighted by atomic mass is 9.90. The molecule has 1 aliphatic rings. The topological polar surface area (TPSA) is 68.5 Å². The molecule has 0 amide bonds. The van der Waals surface area contributed by atoms with Crippen LogP contribution in [-0.2, 0) is 12.8 Å². The molecule has 0 atom stereocenters. The van der Waals surface area contributed by atoms with Gasteiger partial charge in [0.1, 0.15) is 5.82 Å². The van der Waals surface area contributed by atoms with E-state index in [1.165, 1.54) is 46.9 Å². The molecule has 0 bridgehead atoms. The second-order valence-corrected chi connectivity index (χ2v) is 9.98. The summed E-state index contributed by atoms with van der Waals surface area (Å²) < 4.78 is 1.85. The number of nitrogens with zero attached hydrogens (tertiary/aromatic N) is 5. The van der Waals surface area contributed by atoms with E-state index in [2.05, 4.69) is 72.7 Å². The van der Waals surface area contributed by atoms with Crippen LogP contribution in [0, 0.1) is 27.7 Å². The number of fused-ring (bicyclic) bond motifs is 2. The Balaban J connectivity index is 1.31. The van der Waals surface area contributed by atoms with Crippen molar-refractivity contribution in [2.75, 3.05) is 5.32 Å². The molecule has 1 aliphatic carbocycles. The van der Waals surface area contributed by atoms with Gasteiger partial charge in [-0.1, -0.05) is 23.8 Å². The van der Waals surface area contributed by atoms with Gasteiger partial charge in [-0.05, 0) is 106 Å². The molecule has 180 valence electrons. The van der Waals surface area contributed by atoms with Gasteiger partial charge in [0.2, 0.25) is 0 Å². The summed E-state index contributed by atoms with van der Waals surface area (Å²) in [4.78, 5) is 4.98.